The fourth-order valence-corrected chi connectivity index (χ4v) is 2.17. The van der Waals surface area contributed by atoms with Gasteiger partial charge in [-0.1, -0.05) is 12.1 Å². The second kappa shape index (κ2) is 4.77. The fraction of sp³-hybridized carbons (Fsp3) is 0.0667. The highest BCUT2D eigenvalue weighted by molar-refractivity contribution is 5.95. The summed E-state index contributed by atoms with van der Waals surface area (Å²) in [6.45, 7) is 0. The topological polar surface area (TPSA) is 54.6 Å². The molecule has 2 aromatic heterocycles. The van der Waals surface area contributed by atoms with Crippen LogP contribution in [0.5, 0.6) is 0 Å². The van der Waals surface area contributed by atoms with Crippen LogP contribution in [0, 0.1) is 5.82 Å². The first-order chi connectivity index (χ1) is 9.65. The van der Waals surface area contributed by atoms with Crippen molar-refractivity contribution in [2.75, 3.05) is 0 Å². The Kier molecular flexibility index (Phi) is 2.95. The van der Waals surface area contributed by atoms with E-state index in [1.54, 1.807) is 41.1 Å². The first-order valence-electron chi connectivity index (χ1n) is 6.08. The number of nitrogens with zero attached hydrogens (tertiary/aromatic N) is 2. The summed E-state index contributed by atoms with van der Waals surface area (Å²) >= 11 is 0. The molecule has 1 aromatic carbocycles. The first-order valence-corrected chi connectivity index (χ1v) is 6.08. The predicted octanol–water partition coefficient (Wildman–Crippen LogP) is 2.76. The Hall–Kier alpha value is -2.69. The van der Waals surface area contributed by atoms with Crippen molar-refractivity contribution in [1.29, 1.82) is 0 Å². The number of imidazole rings is 1. The Labute approximate surface area is 114 Å². The van der Waals surface area contributed by atoms with Gasteiger partial charge in [-0.3, -0.25) is 0 Å². The minimum absolute atomic E-state index is 0.213. The molecule has 0 atom stereocenters. The van der Waals surface area contributed by atoms with Crippen LogP contribution < -0.4 is 0 Å². The number of carbonyl (C=O) groups is 1. The van der Waals surface area contributed by atoms with Crippen molar-refractivity contribution in [3.05, 3.63) is 71.6 Å². The van der Waals surface area contributed by atoms with Crippen LogP contribution in [-0.2, 0) is 6.42 Å². The van der Waals surface area contributed by atoms with E-state index in [1.165, 1.54) is 12.1 Å². The largest absolute Gasteiger partial charge is 0.478 e. The van der Waals surface area contributed by atoms with Crippen molar-refractivity contribution < 1.29 is 14.3 Å². The van der Waals surface area contributed by atoms with Crippen molar-refractivity contribution in [3.8, 4) is 0 Å². The molecule has 5 heteroatoms. The van der Waals surface area contributed by atoms with Crippen LogP contribution in [0.3, 0.4) is 0 Å². The lowest BCUT2D eigenvalue weighted by Gasteiger charge is -2.03. The van der Waals surface area contributed by atoms with Gasteiger partial charge in [0.05, 0.1) is 17.3 Å². The minimum atomic E-state index is -0.983. The summed E-state index contributed by atoms with van der Waals surface area (Å²) in [6, 6.07) is 9.39. The molecular formula is C15H11FN2O2. The van der Waals surface area contributed by atoms with Crippen LogP contribution in [0.4, 0.5) is 4.39 Å². The Morgan fingerprint density at radius 2 is 2.00 bits per heavy atom. The third kappa shape index (κ3) is 2.14. The lowest BCUT2D eigenvalue weighted by Crippen LogP contribution is -2.01. The van der Waals surface area contributed by atoms with Crippen LogP contribution in [0.25, 0.3) is 5.52 Å². The van der Waals surface area contributed by atoms with Crippen molar-refractivity contribution in [1.82, 2.24) is 9.38 Å². The molecule has 0 aliphatic carbocycles. The molecule has 100 valence electrons. The van der Waals surface area contributed by atoms with Gasteiger partial charge in [0.1, 0.15) is 11.6 Å². The molecular weight excluding hydrogens is 259 g/mol. The predicted molar refractivity (Wildman–Crippen MR) is 71.4 cm³/mol. The van der Waals surface area contributed by atoms with Gasteiger partial charge in [0.25, 0.3) is 0 Å². The molecule has 0 saturated carbocycles. The van der Waals surface area contributed by atoms with Crippen LogP contribution in [-0.4, -0.2) is 20.5 Å². The molecule has 20 heavy (non-hydrogen) atoms. The van der Waals surface area contributed by atoms with Gasteiger partial charge in [-0.2, -0.15) is 0 Å². The molecule has 1 N–H and O–H groups in total. The van der Waals surface area contributed by atoms with Crippen molar-refractivity contribution in [3.63, 3.8) is 0 Å². The number of hydrogen-bond acceptors (Lipinski definition) is 2. The van der Waals surface area contributed by atoms with Gasteiger partial charge in [0.15, 0.2) is 0 Å². The number of rotatable bonds is 3. The number of pyridine rings is 1. The number of carboxylic acid groups (broad SMARTS) is 1. The van der Waals surface area contributed by atoms with Crippen LogP contribution >= 0.6 is 0 Å². The minimum Gasteiger partial charge on any atom is -0.478 e. The maximum atomic E-state index is 12.9. The summed E-state index contributed by atoms with van der Waals surface area (Å²) in [5, 5.41) is 9.13. The van der Waals surface area contributed by atoms with E-state index in [9.17, 15) is 9.18 Å². The number of fused-ring (bicyclic) bond motifs is 1. The highest BCUT2D eigenvalue weighted by Gasteiger charge is 2.12. The average Bonchev–Trinajstić information content (AvgIpc) is 2.84. The Bertz CT molecular complexity index is 778. The number of benzene rings is 1. The summed E-state index contributed by atoms with van der Waals surface area (Å²) in [7, 11) is 0. The molecule has 0 aliphatic heterocycles. The Balaban J connectivity index is 2.03. The fourth-order valence-electron chi connectivity index (χ4n) is 2.17. The molecule has 2 heterocycles. The zero-order valence-corrected chi connectivity index (χ0v) is 10.5. The Morgan fingerprint density at radius 1 is 1.25 bits per heavy atom. The number of hydrogen-bond donors (Lipinski definition) is 1. The third-order valence-corrected chi connectivity index (χ3v) is 3.15. The maximum Gasteiger partial charge on any atom is 0.337 e. The van der Waals surface area contributed by atoms with E-state index in [2.05, 4.69) is 4.98 Å². The van der Waals surface area contributed by atoms with Gasteiger partial charge in [0.2, 0.25) is 0 Å². The molecule has 0 bridgehead atoms. The van der Waals surface area contributed by atoms with Crippen molar-refractivity contribution >= 4 is 11.5 Å². The SMILES string of the molecule is O=C(O)c1cccn2c(Cc3ccc(F)cc3)ncc12. The Morgan fingerprint density at radius 3 is 2.70 bits per heavy atom. The van der Waals surface area contributed by atoms with Gasteiger partial charge in [-0.25, -0.2) is 14.2 Å². The lowest BCUT2D eigenvalue weighted by atomic mass is 10.1. The number of aromatic nitrogens is 2. The smallest absolute Gasteiger partial charge is 0.337 e. The van der Waals surface area contributed by atoms with Gasteiger partial charge in [-0.15, -0.1) is 0 Å². The van der Waals surface area contributed by atoms with Gasteiger partial charge >= 0.3 is 5.97 Å². The number of aromatic carboxylic acids is 1. The van der Waals surface area contributed by atoms with E-state index in [-0.39, 0.29) is 11.4 Å². The standard InChI is InChI=1S/C15H11FN2O2/c16-11-5-3-10(4-6-11)8-14-17-9-13-12(15(19)20)2-1-7-18(13)14/h1-7,9H,8H2,(H,19,20). The van der Waals surface area contributed by atoms with Crippen LogP contribution in [0.15, 0.2) is 48.8 Å². The summed E-state index contributed by atoms with van der Waals surface area (Å²) in [6.07, 6.45) is 3.83. The molecule has 3 aromatic rings. The monoisotopic (exact) mass is 270 g/mol. The molecule has 4 nitrogen and oxygen atoms in total. The molecule has 0 amide bonds. The van der Waals surface area contributed by atoms with Crippen molar-refractivity contribution in [2.45, 2.75) is 6.42 Å². The molecule has 0 radical (unpaired) electrons. The highest BCUT2D eigenvalue weighted by atomic mass is 19.1. The van der Waals surface area contributed by atoms with Gasteiger partial charge in [0, 0.05) is 12.6 Å². The quantitative estimate of drug-likeness (QED) is 0.796. The van der Waals surface area contributed by atoms with Gasteiger partial charge < -0.3 is 9.51 Å². The molecule has 0 saturated heterocycles. The van der Waals surface area contributed by atoms with E-state index in [1.807, 2.05) is 0 Å². The van der Waals surface area contributed by atoms with Crippen LogP contribution in [0.1, 0.15) is 21.7 Å². The van der Waals surface area contributed by atoms with E-state index in [0.717, 1.165) is 11.4 Å². The zero-order valence-electron chi connectivity index (χ0n) is 10.5. The summed E-state index contributed by atoms with van der Waals surface area (Å²) in [5.41, 5.74) is 1.68. The number of carboxylic acids is 1. The van der Waals surface area contributed by atoms with E-state index in [0.29, 0.717) is 11.9 Å². The molecule has 0 aliphatic rings. The normalized spacial score (nSPS) is 10.8. The summed E-state index contributed by atoms with van der Waals surface area (Å²) < 4.78 is 14.6. The third-order valence-electron chi connectivity index (χ3n) is 3.15. The summed E-state index contributed by atoms with van der Waals surface area (Å²) in [5.74, 6) is -0.548. The summed E-state index contributed by atoms with van der Waals surface area (Å²) in [4.78, 5) is 15.4. The first kappa shape index (κ1) is 12.3. The molecule has 0 unspecified atom stereocenters. The highest BCUT2D eigenvalue weighted by Crippen LogP contribution is 2.16. The second-order valence-electron chi connectivity index (χ2n) is 4.46. The average molecular weight is 270 g/mol. The van der Waals surface area contributed by atoms with E-state index < -0.39 is 5.97 Å². The van der Waals surface area contributed by atoms with Gasteiger partial charge in [-0.05, 0) is 29.8 Å². The maximum absolute atomic E-state index is 12.9. The van der Waals surface area contributed by atoms with E-state index >= 15 is 0 Å². The van der Waals surface area contributed by atoms with Crippen molar-refractivity contribution in [2.24, 2.45) is 0 Å². The molecule has 0 fully saturated rings. The molecule has 3 rings (SSSR count). The zero-order chi connectivity index (χ0) is 14.1. The lowest BCUT2D eigenvalue weighted by molar-refractivity contribution is 0.0698. The van der Waals surface area contributed by atoms with E-state index in [4.69, 9.17) is 5.11 Å². The molecule has 0 spiro atoms. The number of halogens is 1. The van der Waals surface area contributed by atoms with Crippen LogP contribution in [0.2, 0.25) is 0 Å². The second-order valence-corrected chi connectivity index (χ2v) is 4.46.